The number of terminal acetylenes is 1. The van der Waals surface area contributed by atoms with E-state index in [0.717, 1.165) is 0 Å². The topological polar surface area (TPSA) is 64.4 Å². The van der Waals surface area contributed by atoms with Crippen LogP contribution in [0, 0.1) is 12.3 Å². The van der Waals surface area contributed by atoms with Gasteiger partial charge in [0.15, 0.2) is 0 Å². The Hall–Kier alpha value is -1.70. The van der Waals surface area contributed by atoms with Gasteiger partial charge in [0.05, 0.1) is 17.2 Å². The molecule has 0 aliphatic heterocycles. The van der Waals surface area contributed by atoms with Crippen LogP contribution in [-0.4, -0.2) is 18.1 Å². The second kappa shape index (κ2) is 7.03. The predicted octanol–water partition coefficient (Wildman–Crippen LogP) is 2.42. The Balaban J connectivity index is 2.74. The summed E-state index contributed by atoms with van der Waals surface area (Å²) >= 11 is 6.06. The molecule has 0 saturated heterocycles. The lowest BCUT2D eigenvalue weighted by atomic mass is 10.2. The molecule has 19 heavy (non-hydrogen) atoms. The number of hydrogen-bond donors (Lipinski definition) is 2. The van der Waals surface area contributed by atoms with Gasteiger partial charge < -0.3 is 15.8 Å². The highest BCUT2D eigenvalue weighted by atomic mass is 35.5. The second-order valence-corrected chi connectivity index (χ2v) is 4.72. The first-order valence-electron chi connectivity index (χ1n) is 5.90. The number of benzene rings is 1. The van der Waals surface area contributed by atoms with Gasteiger partial charge in [-0.3, -0.25) is 4.79 Å². The third kappa shape index (κ3) is 4.82. The first-order valence-corrected chi connectivity index (χ1v) is 6.28. The van der Waals surface area contributed by atoms with Crippen LogP contribution in [0.4, 0.5) is 5.69 Å². The van der Waals surface area contributed by atoms with E-state index < -0.39 is 6.04 Å². The summed E-state index contributed by atoms with van der Waals surface area (Å²) < 4.78 is 5.50. The summed E-state index contributed by atoms with van der Waals surface area (Å²) in [5.74, 6) is 2.58. The molecule has 0 spiro atoms. The fraction of sp³-hybridized carbons (Fsp3) is 0.357. The van der Waals surface area contributed by atoms with E-state index in [1.807, 2.05) is 13.8 Å². The second-order valence-electron chi connectivity index (χ2n) is 4.32. The van der Waals surface area contributed by atoms with Crippen molar-refractivity contribution in [1.82, 2.24) is 0 Å². The molecule has 0 radical (unpaired) electrons. The lowest BCUT2D eigenvalue weighted by Gasteiger charge is -2.13. The highest BCUT2D eigenvalue weighted by Crippen LogP contribution is 2.28. The average molecular weight is 281 g/mol. The van der Waals surface area contributed by atoms with Crippen molar-refractivity contribution in [3.05, 3.63) is 23.2 Å². The van der Waals surface area contributed by atoms with Crippen LogP contribution in [0.1, 0.15) is 20.3 Å². The Morgan fingerprint density at radius 2 is 2.26 bits per heavy atom. The molecule has 0 aliphatic rings. The fourth-order valence-electron chi connectivity index (χ4n) is 1.38. The van der Waals surface area contributed by atoms with Crippen molar-refractivity contribution in [2.24, 2.45) is 5.73 Å². The molecule has 0 aliphatic carbocycles. The van der Waals surface area contributed by atoms with E-state index in [1.54, 1.807) is 18.2 Å². The number of carbonyl (C=O) groups is 1. The van der Waals surface area contributed by atoms with Crippen molar-refractivity contribution in [2.75, 3.05) is 5.32 Å². The van der Waals surface area contributed by atoms with Crippen LogP contribution in [0.3, 0.4) is 0 Å². The van der Waals surface area contributed by atoms with Gasteiger partial charge in [0.25, 0.3) is 0 Å². The molecule has 0 bridgehead atoms. The summed E-state index contributed by atoms with van der Waals surface area (Å²) in [6.07, 6.45) is 5.32. The van der Waals surface area contributed by atoms with Gasteiger partial charge in [-0.1, -0.05) is 11.6 Å². The van der Waals surface area contributed by atoms with E-state index in [9.17, 15) is 4.79 Å². The van der Waals surface area contributed by atoms with Crippen molar-refractivity contribution in [2.45, 2.75) is 32.4 Å². The third-order valence-electron chi connectivity index (χ3n) is 2.24. The molecule has 1 unspecified atom stereocenters. The summed E-state index contributed by atoms with van der Waals surface area (Å²) in [6.45, 7) is 3.82. The first-order chi connectivity index (χ1) is 8.93. The van der Waals surface area contributed by atoms with Gasteiger partial charge in [-0.05, 0) is 32.0 Å². The SMILES string of the molecule is C#CCC(N)C(=O)Nc1ccc(OC(C)C)c(Cl)c1. The van der Waals surface area contributed by atoms with Crippen LogP contribution in [0.25, 0.3) is 0 Å². The van der Waals surface area contributed by atoms with Crippen LogP contribution in [0.5, 0.6) is 5.75 Å². The quantitative estimate of drug-likeness (QED) is 0.814. The number of anilines is 1. The zero-order chi connectivity index (χ0) is 14.4. The zero-order valence-corrected chi connectivity index (χ0v) is 11.7. The summed E-state index contributed by atoms with van der Waals surface area (Å²) in [6, 6.07) is 4.28. The standard InChI is InChI=1S/C14H17ClN2O2/c1-4-5-12(16)14(18)17-10-6-7-13(11(15)8-10)19-9(2)3/h1,6-9,12H,5,16H2,2-3H3,(H,17,18). The highest BCUT2D eigenvalue weighted by Gasteiger charge is 2.13. The Morgan fingerprint density at radius 3 is 2.79 bits per heavy atom. The largest absolute Gasteiger partial charge is 0.489 e. The van der Waals surface area contributed by atoms with Crippen molar-refractivity contribution < 1.29 is 9.53 Å². The smallest absolute Gasteiger partial charge is 0.242 e. The molecule has 0 fully saturated rings. The number of amides is 1. The lowest BCUT2D eigenvalue weighted by Crippen LogP contribution is -2.35. The van der Waals surface area contributed by atoms with E-state index >= 15 is 0 Å². The fourth-order valence-corrected chi connectivity index (χ4v) is 1.61. The van der Waals surface area contributed by atoms with E-state index in [2.05, 4.69) is 11.2 Å². The molecule has 1 amide bonds. The molecule has 1 rings (SSSR count). The lowest BCUT2D eigenvalue weighted by molar-refractivity contribution is -0.117. The Morgan fingerprint density at radius 1 is 1.58 bits per heavy atom. The van der Waals surface area contributed by atoms with E-state index in [-0.39, 0.29) is 18.4 Å². The maximum absolute atomic E-state index is 11.7. The van der Waals surface area contributed by atoms with Gasteiger partial charge in [0.2, 0.25) is 5.91 Å². The van der Waals surface area contributed by atoms with Crippen molar-refractivity contribution in [3.8, 4) is 18.1 Å². The molecule has 4 nitrogen and oxygen atoms in total. The van der Waals surface area contributed by atoms with Gasteiger partial charge in [-0.2, -0.15) is 0 Å². The predicted molar refractivity (Wildman–Crippen MR) is 77.3 cm³/mol. The average Bonchev–Trinajstić information content (AvgIpc) is 2.32. The van der Waals surface area contributed by atoms with Crippen LogP contribution >= 0.6 is 11.6 Å². The van der Waals surface area contributed by atoms with E-state index in [0.29, 0.717) is 16.5 Å². The number of rotatable bonds is 5. The molecule has 0 saturated carbocycles. The van der Waals surface area contributed by atoms with Crippen molar-refractivity contribution in [3.63, 3.8) is 0 Å². The van der Waals surface area contributed by atoms with Crippen molar-refractivity contribution in [1.29, 1.82) is 0 Å². The minimum Gasteiger partial charge on any atom is -0.489 e. The van der Waals surface area contributed by atoms with E-state index in [4.69, 9.17) is 28.5 Å². The number of carbonyl (C=O) groups excluding carboxylic acids is 1. The molecule has 0 aromatic heterocycles. The monoisotopic (exact) mass is 280 g/mol. The summed E-state index contributed by atoms with van der Waals surface area (Å²) in [5, 5.41) is 3.08. The number of halogens is 1. The Labute approximate surface area is 118 Å². The van der Waals surface area contributed by atoms with Gasteiger partial charge in [-0.25, -0.2) is 0 Å². The molecule has 3 N–H and O–H groups in total. The molecule has 1 aromatic carbocycles. The van der Waals surface area contributed by atoms with Gasteiger partial charge in [-0.15, -0.1) is 12.3 Å². The zero-order valence-electron chi connectivity index (χ0n) is 10.9. The van der Waals surface area contributed by atoms with Crippen LogP contribution in [-0.2, 0) is 4.79 Å². The molecular formula is C14H17ClN2O2. The number of hydrogen-bond acceptors (Lipinski definition) is 3. The molecule has 5 heteroatoms. The number of nitrogens with one attached hydrogen (secondary N) is 1. The minimum atomic E-state index is -0.727. The summed E-state index contributed by atoms with van der Waals surface area (Å²) in [7, 11) is 0. The van der Waals surface area contributed by atoms with Gasteiger partial charge in [0.1, 0.15) is 5.75 Å². The molecule has 102 valence electrons. The molecule has 1 atom stereocenters. The minimum absolute atomic E-state index is 0.0296. The highest BCUT2D eigenvalue weighted by molar-refractivity contribution is 6.32. The Kier molecular flexibility index (Phi) is 5.68. The Bertz CT molecular complexity index is 495. The van der Waals surface area contributed by atoms with Gasteiger partial charge >= 0.3 is 0 Å². The first kappa shape index (κ1) is 15.4. The van der Waals surface area contributed by atoms with Crippen LogP contribution < -0.4 is 15.8 Å². The maximum atomic E-state index is 11.7. The van der Waals surface area contributed by atoms with Crippen LogP contribution in [0.2, 0.25) is 5.02 Å². The number of nitrogens with two attached hydrogens (primary N) is 1. The molecule has 1 aromatic rings. The van der Waals surface area contributed by atoms with Crippen molar-refractivity contribution >= 4 is 23.2 Å². The molecular weight excluding hydrogens is 264 g/mol. The maximum Gasteiger partial charge on any atom is 0.242 e. The normalized spacial score (nSPS) is 11.8. The van der Waals surface area contributed by atoms with Crippen LogP contribution in [0.15, 0.2) is 18.2 Å². The number of ether oxygens (including phenoxy) is 1. The van der Waals surface area contributed by atoms with Gasteiger partial charge in [0, 0.05) is 12.1 Å². The summed E-state index contributed by atoms with van der Waals surface area (Å²) in [4.78, 5) is 11.7. The third-order valence-corrected chi connectivity index (χ3v) is 2.53. The molecule has 0 heterocycles. The van der Waals surface area contributed by atoms with E-state index in [1.165, 1.54) is 0 Å². The summed E-state index contributed by atoms with van der Waals surface area (Å²) in [5.41, 5.74) is 6.15.